The second kappa shape index (κ2) is 5.60. The lowest BCUT2D eigenvalue weighted by atomic mass is 10.2. The van der Waals surface area contributed by atoms with Gasteiger partial charge in [-0.2, -0.15) is 0 Å². The molecule has 78 valence electrons. The van der Waals surface area contributed by atoms with Crippen LogP contribution < -0.4 is 10.1 Å². The van der Waals surface area contributed by atoms with Gasteiger partial charge in [0.15, 0.2) is 0 Å². The number of nitrogens with one attached hydrogen (secondary N) is 1. The van der Waals surface area contributed by atoms with Crippen molar-refractivity contribution < 1.29 is 4.74 Å². The molecular weight excluding hydrogens is 176 g/mol. The summed E-state index contributed by atoms with van der Waals surface area (Å²) in [5.74, 6) is 0.746. The molecule has 1 heterocycles. The molecule has 0 aliphatic heterocycles. The summed E-state index contributed by atoms with van der Waals surface area (Å²) in [5, 5.41) is 3.10. The maximum atomic E-state index is 5.70. The lowest BCUT2D eigenvalue weighted by Crippen LogP contribution is -2.14. The molecule has 0 aliphatic carbocycles. The summed E-state index contributed by atoms with van der Waals surface area (Å²) in [6.07, 6.45) is 2.98. The van der Waals surface area contributed by atoms with Crippen LogP contribution in [-0.4, -0.2) is 18.1 Å². The van der Waals surface area contributed by atoms with E-state index < -0.39 is 0 Å². The van der Waals surface area contributed by atoms with Crippen LogP contribution in [0.4, 0.5) is 0 Å². The van der Waals surface area contributed by atoms with Crippen LogP contribution in [0.2, 0.25) is 0 Å². The molecule has 0 amide bonds. The fourth-order valence-electron chi connectivity index (χ4n) is 1.13. The Morgan fingerprint density at radius 2 is 2.36 bits per heavy atom. The molecule has 0 saturated carbocycles. The molecule has 0 fully saturated rings. The van der Waals surface area contributed by atoms with Gasteiger partial charge in [0.05, 0.1) is 6.10 Å². The van der Waals surface area contributed by atoms with E-state index in [0.717, 1.165) is 24.4 Å². The number of hydrogen-bond acceptors (Lipinski definition) is 3. The Hall–Kier alpha value is -1.09. The van der Waals surface area contributed by atoms with E-state index in [1.54, 1.807) is 6.20 Å². The van der Waals surface area contributed by atoms with Gasteiger partial charge in [-0.25, -0.2) is 4.98 Å². The molecule has 3 heteroatoms. The predicted molar refractivity (Wildman–Crippen MR) is 57.4 cm³/mol. The Bertz CT molecular complexity index is 276. The minimum Gasteiger partial charge on any atom is -0.474 e. The van der Waals surface area contributed by atoms with Gasteiger partial charge in [0.1, 0.15) is 0 Å². The van der Waals surface area contributed by atoms with Crippen molar-refractivity contribution in [3.05, 3.63) is 23.9 Å². The van der Waals surface area contributed by atoms with Crippen molar-refractivity contribution >= 4 is 0 Å². The van der Waals surface area contributed by atoms with Gasteiger partial charge in [0.25, 0.3) is 0 Å². The van der Waals surface area contributed by atoms with Gasteiger partial charge in [0.2, 0.25) is 5.88 Å². The molecule has 1 unspecified atom stereocenters. The second-order valence-corrected chi connectivity index (χ2v) is 3.33. The SMILES string of the molecule is CCC(C)Oc1ncccc1CNC. The minimum atomic E-state index is 0.223. The molecule has 0 spiro atoms. The van der Waals surface area contributed by atoms with E-state index in [0.29, 0.717) is 0 Å². The van der Waals surface area contributed by atoms with Crippen LogP contribution in [0.15, 0.2) is 18.3 Å². The Labute approximate surface area is 85.5 Å². The molecule has 0 bridgehead atoms. The predicted octanol–water partition coefficient (Wildman–Crippen LogP) is 1.98. The van der Waals surface area contributed by atoms with Crippen molar-refractivity contribution in [1.82, 2.24) is 10.3 Å². The van der Waals surface area contributed by atoms with E-state index in [1.165, 1.54) is 0 Å². The monoisotopic (exact) mass is 194 g/mol. The van der Waals surface area contributed by atoms with E-state index in [-0.39, 0.29) is 6.10 Å². The number of ether oxygens (including phenoxy) is 1. The van der Waals surface area contributed by atoms with Crippen LogP contribution in [0.1, 0.15) is 25.8 Å². The first-order valence-electron chi connectivity index (χ1n) is 5.03. The zero-order chi connectivity index (χ0) is 10.4. The van der Waals surface area contributed by atoms with Crippen molar-refractivity contribution in [2.75, 3.05) is 7.05 Å². The number of hydrogen-bond donors (Lipinski definition) is 1. The zero-order valence-electron chi connectivity index (χ0n) is 9.08. The molecule has 1 atom stereocenters. The molecule has 0 aliphatic rings. The molecule has 0 aromatic carbocycles. The van der Waals surface area contributed by atoms with Crippen LogP contribution in [0.5, 0.6) is 5.88 Å². The van der Waals surface area contributed by atoms with Crippen molar-refractivity contribution in [2.45, 2.75) is 32.9 Å². The third-order valence-corrected chi connectivity index (χ3v) is 2.10. The van der Waals surface area contributed by atoms with Gasteiger partial charge in [0, 0.05) is 18.3 Å². The Kier molecular flexibility index (Phi) is 4.40. The van der Waals surface area contributed by atoms with Crippen molar-refractivity contribution in [3.63, 3.8) is 0 Å². The number of nitrogens with zero attached hydrogens (tertiary/aromatic N) is 1. The summed E-state index contributed by atoms with van der Waals surface area (Å²) in [4.78, 5) is 4.22. The third kappa shape index (κ3) is 3.00. The second-order valence-electron chi connectivity index (χ2n) is 3.33. The standard InChI is InChI=1S/C11H18N2O/c1-4-9(2)14-11-10(8-12-3)6-5-7-13-11/h5-7,9,12H,4,8H2,1-3H3. The first kappa shape index (κ1) is 11.0. The highest BCUT2D eigenvalue weighted by Crippen LogP contribution is 2.16. The van der Waals surface area contributed by atoms with E-state index in [4.69, 9.17) is 4.74 Å². The molecule has 0 saturated heterocycles. The Morgan fingerprint density at radius 1 is 1.57 bits per heavy atom. The first-order chi connectivity index (χ1) is 6.77. The van der Waals surface area contributed by atoms with Gasteiger partial charge in [-0.15, -0.1) is 0 Å². The van der Waals surface area contributed by atoms with Gasteiger partial charge in [-0.1, -0.05) is 13.0 Å². The van der Waals surface area contributed by atoms with Crippen LogP contribution in [0, 0.1) is 0 Å². The van der Waals surface area contributed by atoms with Crippen LogP contribution in [0.3, 0.4) is 0 Å². The molecule has 0 radical (unpaired) electrons. The summed E-state index contributed by atoms with van der Waals surface area (Å²) in [6.45, 7) is 4.95. The molecule has 3 nitrogen and oxygen atoms in total. The Morgan fingerprint density at radius 3 is 3.00 bits per heavy atom. The fraction of sp³-hybridized carbons (Fsp3) is 0.545. The summed E-state index contributed by atoms with van der Waals surface area (Å²) >= 11 is 0. The van der Waals surface area contributed by atoms with E-state index in [2.05, 4.69) is 24.1 Å². The topological polar surface area (TPSA) is 34.1 Å². The van der Waals surface area contributed by atoms with E-state index >= 15 is 0 Å². The maximum absolute atomic E-state index is 5.70. The van der Waals surface area contributed by atoms with Gasteiger partial charge in [-0.05, 0) is 26.5 Å². The molecule has 14 heavy (non-hydrogen) atoms. The Balaban J connectivity index is 2.73. The minimum absolute atomic E-state index is 0.223. The average molecular weight is 194 g/mol. The average Bonchev–Trinajstić information content (AvgIpc) is 2.21. The number of aromatic nitrogens is 1. The summed E-state index contributed by atoms with van der Waals surface area (Å²) in [7, 11) is 1.92. The van der Waals surface area contributed by atoms with Gasteiger partial charge >= 0.3 is 0 Å². The van der Waals surface area contributed by atoms with Gasteiger partial charge in [-0.3, -0.25) is 0 Å². The zero-order valence-corrected chi connectivity index (χ0v) is 9.08. The van der Waals surface area contributed by atoms with Crippen LogP contribution in [0.25, 0.3) is 0 Å². The maximum Gasteiger partial charge on any atom is 0.218 e. The lowest BCUT2D eigenvalue weighted by Gasteiger charge is -2.14. The molecule has 1 N–H and O–H groups in total. The quantitative estimate of drug-likeness (QED) is 0.778. The normalized spacial score (nSPS) is 12.5. The summed E-state index contributed by atoms with van der Waals surface area (Å²) < 4.78 is 5.70. The largest absolute Gasteiger partial charge is 0.474 e. The third-order valence-electron chi connectivity index (χ3n) is 2.10. The van der Waals surface area contributed by atoms with Crippen molar-refractivity contribution in [3.8, 4) is 5.88 Å². The van der Waals surface area contributed by atoms with Gasteiger partial charge < -0.3 is 10.1 Å². The van der Waals surface area contributed by atoms with Crippen LogP contribution in [-0.2, 0) is 6.54 Å². The lowest BCUT2D eigenvalue weighted by molar-refractivity contribution is 0.206. The molecule has 1 rings (SSSR count). The summed E-state index contributed by atoms with van der Waals surface area (Å²) in [6, 6.07) is 3.96. The van der Waals surface area contributed by atoms with E-state index in [1.807, 2.05) is 19.2 Å². The van der Waals surface area contributed by atoms with Crippen molar-refractivity contribution in [1.29, 1.82) is 0 Å². The fourth-order valence-corrected chi connectivity index (χ4v) is 1.13. The van der Waals surface area contributed by atoms with E-state index in [9.17, 15) is 0 Å². The summed E-state index contributed by atoms with van der Waals surface area (Å²) in [5.41, 5.74) is 1.11. The molecule has 1 aromatic heterocycles. The highest BCUT2D eigenvalue weighted by Gasteiger charge is 2.06. The highest BCUT2D eigenvalue weighted by molar-refractivity contribution is 5.25. The first-order valence-corrected chi connectivity index (χ1v) is 5.03. The number of pyridine rings is 1. The van der Waals surface area contributed by atoms with Crippen LogP contribution >= 0.6 is 0 Å². The molecular formula is C11H18N2O. The number of rotatable bonds is 5. The molecule has 1 aromatic rings. The van der Waals surface area contributed by atoms with Crippen molar-refractivity contribution in [2.24, 2.45) is 0 Å². The smallest absolute Gasteiger partial charge is 0.218 e. The highest BCUT2D eigenvalue weighted by atomic mass is 16.5.